The van der Waals surface area contributed by atoms with E-state index < -0.39 is 0 Å². The zero-order valence-corrected chi connectivity index (χ0v) is 14.2. The van der Waals surface area contributed by atoms with E-state index in [0.717, 1.165) is 47.4 Å². The van der Waals surface area contributed by atoms with E-state index in [1.165, 1.54) is 10.1 Å². The lowest BCUT2D eigenvalue weighted by molar-refractivity contribution is 0.408. The van der Waals surface area contributed by atoms with Crippen molar-refractivity contribution in [1.29, 1.82) is 0 Å². The fourth-order valence-corrected chi connectivity index (χ4v) is 3.61. The summed E-state index contributed by atoms with van der Waals surface area (Å²) in [5, 5.41) is 10.3. The number of aromatic nitrogens is 1. The van der Waals surface area contributed by atoms with E-state index in [-0.39, 0.29) is 10.8 Å². The molecule has 0 atom stereocenters. The van der Waals surface area contributed by atoms with Crippen LogP contribution in [0, 0.1) is 0 Å². The van der Waals surface area contributed by atoms with E-state index >= 15 is 0 Å². The van der Waals surface area contributed by atoms with Gasteiger partial charge < -0.3 is 5.11 Å². The minimum absolute atomic E-state index is 0.0643. The Morgan fingerprint density at radius 1 is 1.35 bits per heavy atom. The molecule has 1 aliphatic rings. The van der Waals surface area contributed by atoms with Gasteiger partial charge in [0.05, 0.1) is 10.6 Å². The van der Waals surface area contributed by atoms with Crippen LogP contribution in [0.2, 0.25) is 0 Å². The number of rotatable bonds is 5. The van der Waals surface area contributed by atoms with Gasteiger partial charge in [-0.05, 0) is 24.5 Å². The Morgan fingerprint density at radius 3 is 2.91 bits per heavy atom. The highest BCUT2D eigenvalue weighted by Crippen LogP contribution is 2.37. The first kappa shape index (κ1) is 15.7. The van der Waals surface area contributed by atoms with Crippen molar-refractivity contribution in [2.75, 3.05) is 0 Å². The highest BCUT2D eigenvalue weighted by atomic mass is 32.1. The van der Waals surface area contributed by atoms with Crippen LogP contribution in [0.1, 0.15) is 42.7 Å². The van der Waals surface area contributed by atoms with Gasteiger partial charge in [-0.15, -0.1) is 0 Å². The number of hydrogen-bond donors (Lipinski definition) is 1. The van der Waals surface area contributed by atoms with Crippen LogP contribution in [0.4, 0.5) is 5.69 Å². The van der Waals surface area contributed by atoms with E-state index in [9.17, 15) is 9.90 Å². The van der Waals surface area contributed by atoms with Gasteiger partial charge in [-0.2, -0.15) is 0 Å². The molecule has 1 aromatic heterocycles. The summed E-state index contributed by atoms with van der Waals surface area (Å²) >= 11 is 1.08. The smallest absolute Gasteiger partial charge is 0.310 e. The van der Waals surface area contributed by atoms with Gasteiger partial charge in [0.15, 0.2) is 0 Å². The number of benzene rings is 1. The molecule has 23 heavy (non-hydrogen) atoms. The van der Waals surface area contributed by atoms with Crippen molar-refractivity contribution in [1.82, 2.24) is 4.57 Å². The molecule has 4 nitrogen and oxygen atoms in total. The van der Waals surface area contributed by atoms with Crippen LogP contribution in [-0.2, 0) is 13.0 Å². The summed E-state index contributed by atoms with van der Waals surface area (Å²) in [6, 6.07) is 6.13. The Balaban J connectivity index is 2.00. The second kappa shape index (κ2) is 6.54. The first-order valence-electron chi connectivity index (χ1n) is 7.96. The molecule has 0 bridgehead atoms. The molecule has 120 valence electrons. The number of thiazole rings is 1. The number of allylic oxidation sites excluding steroid dienone is 1. The molecular weight excluding hydrogens is 308 g/mol. The molecule has 5 heteroatoms. The van der Waals surface area contributed by atoms with Gasteiger partial charge in [0, 0.05) is 23.9 Å². The summed E-state index contributed by atoms with van der Waals surface area (Å²) in [7, 11) is 0. The van der Waals surface area contributed by atoms with Gasteiger partial charge in [0.1, 0.15) is 0 Å². The van der Waals surface area contributed by atoms with Crippen LogP contribution in [0.25, 0.3) is 11.6 Å². The normalized spacial score (nSPS) is 14.6. The topological polar surface area (TPSA) is 54.6 Å². The quantitative estimate of drug-likeness (QED) is 0.893. The van der Waals surface area contributed by atoms with Crippen molar-refractivity contribution in [3.63, 3.8) is 0 Å². The number of para-hydroxylation sites is 1. The summed E-state index contributed by atoms with van der Waals surface area (Å²) in [5.74, 6) is 0.0643. The van der Waals surface area contributed by atoms with E-state index in [2.05, 4.69) is 24.9 Å². The Morgan fingerprint density at radius 2 is 2.17 bits per heavy atom. The monoisotopic (exact) mass is 328 g/mol. The fraction of sp³-hybridized carbons (Fsp3) is 0.333. The summed E-state index contributed by atoms with van der Waals surface area (Å²) in [6.45, 7) is 4.73. The van der Waals surface area contributed by atoms with Crippen molar-refractivity contribution in [2.24, 2.45) is 4.99 Å². The molecule has 0 unspecified atom stereocenters. The third-order valence-electron chi connectivity index (χ3n) is 4.06. The van der Waals surface area contributed by atoms with Crippen LogP contribution in [-0.4, -0.2) is 15.9 Å². The predicted octanol–water partition coefficient (Wildman–Crippen LogP) is 4.23. The lowest BCUT2D eigenvalue weighted by atomic mass is 10.0. The average Bonchev–Trinajstić information content (AvgIpc) is 3.08. The zero-order chi connectivity index (χ0) is 16.4. The molecule has 1 aromatic carbocycles. The molecule has 0 fully saturated rings. The first-order chi connectivity index (χ1) is 11.2. The Hall–Kier alpha value is -2.14. The molecule has 0 amide bonds. The molecule has 3 rings (SSSR count). The van der Waals surface area contributed by atoms with Gasteiger partial charge >= 0.3 is 4.87 Å². The second-order valence-electron chi connectivity index (χ2n) is 5.59. The summed E-state index contributed by atoms with van der Waals surface area (Å²) < 4.78 is 1.45. The molecule has 0 aliphatic carbocycles. The molecule has 2 aromatic rings. The Kier molecular flexibility index (Phi) is 4.48. The standard InChI is InChI=1S/C18H20N2O2S/c1-3-5-9-20-17(21)15(23-18(20)22)10-13-11-19-16-12(4-2)7-6-8-14(13)16/h6-8,10-11,21H,3-5,9H2,1-2H3. The number of unbranched alkanes of at least 4 members (excludes halogenated alkanes) is 1. The minimum atomic E-state index is -0.111. The van der Waals surface area contributed by atoms with E-state index in [4.69, 9.17) is 0 Å². The van der Waals surface area contributed by atoms with Crippen molar-refractivity contribution in [3.05, 3.63) is 43.9 Å². The van der Waals surface area contributed by atoms with Crippen molar-refractivity contribution < 1.29 is 5.11 Å². The molecule has 2 heterocycles. The Labute approximate surface area is 139 Å². The summed E-state index contributed by atoms with van der Waals surface area (Å²) in [6.07, 6.45) is 6.46. The highest BCUT2D eigenvalue weighted by Gasteiger charge is 2.17. The lowest BCUT2D eigenvalue weighted by Crippen LogP contribution is -2.12. The largest absolute Gasteiger partial charge is 0.493 e. The maximum Gasteiger partial charge on any atom is 0.310 e. The molecule has 0 spiro atoms. The highest BCUT2D eigenvalue weighted by molar-refractivity contribution is 7.10. The molecule has 0 saturated heterocycles. The van der Waals surface area contributed by atoms with Gasteiger partial charge in [-0.25, -0.2) is 0 Å². The van der Waals surface area contributed by atoms with Crippen LogP contribution >= 0.6 is 11.3 Å². The van der Waals surface area contributed by atoms with Crippen LogP contribution in [0.3, 0.4) is 0 Å². The number of hydrogen-bond acceptors (Lipinski definition) is 4. The van der Waals surface area contributed by atoms with Gasteiger partial charge in [-0.3, -0.25) is 14.4 Å². The number of aliphatic imine (C=N–C) groups is 1. The zero-order valence-electron chi connectivity index (χ0n) is 13.4. The first-order valence-corrected chi connectivity index (χ1v) is 8.78. The van der Waals surface area contributed by atoms with Gasteiger partial charge in [0.25, 0.3) is 0 Å². The summed E-state index contributed by atoms with van der Waals surface area (Å²) in [5.41, 5.74) is 4.21. The maximum absolute atomic E-state index is 12.0. The van der Waals surface area contributed by atoms with E-state index in [0.29, 0.717) is 11.4 Å². The van der Waals surface area contributed by atoms with E-state index in [1.54, 1.807) is 0 Å². The van der Waals surface area contributed by atoms with E-state index in [1.807, 2.05) is 24.4 Å². The number of fused-ring (bicyclic) bond motifs is 1. The number of aromatic hydroxyl groups is 1. The average molecular weight is 328 g/mol. The molecule has 0 saturated carbocycles. The SMILES string of the molecule is CCCCn1c(O)c(C=C2C=Nc3c(CC)cccc32)sc1=O. The van der Waals surface area contributed by atoms with Crippen molar-refractivity contribution >= 4 is 34.9 Å². The lowest BCUT2D eigenvalue weighted by Gasteiger charge is -2.04. The van der Waals surface area contributed by atoms with Gasteiger partial charge in [-0.1, -0.05) is 49.8 Å². The molecule has 1 aliphatic heterocycles. The van der Waals surface area contributed by atoms with Gasteiger partial charge in [0.2, 0.25) is 5.88 Å². The number of nitrogens with zero attached hydrogens (tertiary/aromatic N) is 2. The van der Waals surface area contributed by atoms with Crippen LogP contribution in [0.15, 0.2) is 28.0 Å². The summed E-state index contributed by atoms with van der Waals surface area (Å²) in [4.78, 5) is 17.0. The molecular formula is C18H20N2O2S. The second-order valence-corrected chi connectivity index (χ2v) is 6.58. The Bertz CT molecular complexity index is 843. The minimum Gasteiger partial charge on any atom is -0.493 e. The maximum atomic E-state index is 12.0. The third kappa shape index (κ3) is 2.88. The van der Waals surface area contributed by atoms with Crippen molar-refractivity contribution in [2.45, 2.75) is 39.7 Å². The number of aryl methyl sites for hydroxylation is 1. The fourth-order valence-electron chi connectivity index (χ4n) is 2.74. The van der Waals surface area contributed by atoms with Crippen molar-refractivity contribution in [3.8, 4) is 5.88 Å². The van der Waals surface area contributed by atoms with Crippen LogP contribution in [0.5, 0.6) is 5.88 Å². The molecule has 1 N–H and O–H groups in total. The molecule has 0 radical (unpaired) electrons. The predicted molar refractivity (Wildman–Crippen MR) is 97.0 cm³/mol. The van der Waals surface area contributed by atoms with Crippen LogP contribution < -0.4 is 4.87 Å². The third-order valence-corrected chi connectivity index (χ3v) is 4.98.